The first kappa shape index (κ1) is 9.85. The molecule has 2 N–H and O–H groups in total. The fraction of sp³-hybridized carbons (Fsp3) is 0. The molecular formula is C8H6N2O4. The van der Waals surface area contributed by atoms with Gasteiger partial charge < -0.3 is 5.73 Å². The fourth-order valence-corrected chi connectivity index (χ4v) is 0.902. The van der Waals surface area contributed by atoms with Crippen LogP contribution in [0.15, 0.2) is 24.3 Å². The van der Waals surface area contributed by atoms with Crippen LogP contribution < -0.4 is 5.73 Å². The summed E-state index contributed by atoms with van der Waals surface area (Å²) >= 11 is 0. The van der Waals surface area contributed by atoms with Gasteiger partial charge in [-0.2, -0.15) is 0 Å². The molecule has 0 radical (unpaired) electrons. The lowest BCUT2D eigenvalue weighted by Gasteiger charge is -1.98. The van der Waals surface area contributed by atoms with Crippen molar-refractivity contribution >= 4 is 17.4 Å². The van der Waals surface area contributed by atoms with Crippen LogP contribution in [0.3, 0.4) is 0 Å². The van der Waals surface area contributed by atoms with Crippen molar-refractivity contribution in [2.75, 3.05) is 5.73 Å². The third kappa shape index (κ3) is 1.74. The number of carbonyl (C=O) groups excluding carboxylic acids is 2. The molecule has 1 amide bonds. The molecule has 0 saturated heterocycles. The van der Waals surface area contributed by atoms with Crippen LogP contribution >= 0.6 is 0 Å². The van der Waals surface area contributed by atoms with Crippen LogP contribution in [0, 0.1) is 10.1 Å². The van der Waals surface area contributed by atoms with E-state index >= 15 is 0 Å². The smallest absolute Gasteiger partial charge is 0.398 e. The molecule has 0 heterocycles. The molecule has 0 unspecified atom stereocenters. The Morgan fingerprint density at radius 2 is 1.86 bits per heavy atom. The second-order valence-corrected chi connectivity index (χ2v) is 2.48. The van der Waals surface area contributed by atoms with E-state index < -0.39 is 16.6 Å². The third-order valence-corrected chi connectivity index (χ3v) is 1.57. The van der Waals surface area contributed by atoms with Gasteiger partial charge >= 0.3 is 11.7 Å². The predicted molar refractivity (Wildman–Crippen MR) is 47.2 cm³/mol. The van der Waals surface area contributed by atoms with Gasteiger partial charge in [0.25, 0.3) is 0 Å². The van der Waals surface area contributed by atoms with Gasteiger partial charge in [0, 0.05) is 5.69 Å². The highest BCUT2D eigenvalue weighted by molar-refractivity contribution is 6.40. The van der Waals surface area contributed by atoms with Crippen molar-refractivity contribution in [3.05, 3.63) is 39.9 Å². The van der Waals surface area contributed by atoms with E-state index in [9.17, 15) is 19.7 Å². The molecule has 0 atom stereocenters. The fourth-order valence-electron chi connectivity index (χ4n) is 0.902. The predicted octanol–water partition coefficient (Wildman–Crippen LogP) is 0.255. The summed E-state index contributed by atoms with van der Waals surface area (Å²) in [6.45, 7) is 0. The summed E-state index contributed by atoms with van der Waals surface area (Å²) < 4.78 is 0. The number of hydrogen-bond acceptors (Lipinski definition) is 5. The van der Waals surface area contributed by atoms with E-state index in [1.807, 2.05) is 0 Å². The number of rotatable bonds is 2. The van der Waals surface area contributed by atoms with E-state index in [1.54, 1.807) is 6.07 Å². The summed E-state index contributed by atoms with van der Waals surface area (Å²) in [5, 5.41) is 10.0. The molecule has 1 aromatic rings. The van der Waals surface area contributed by atoms with E-state index in [0.717, 1.165) is 0 Å². The maximum absolute atomic E-state index is 11.1. The van der Waals surface area contributed by atoms with Crippen molar-refractivity contribution in [1.29, 1.82) is 0 Å². The van der Waals surface area contributed by atoms with Gasteiger partial charge in [0.15, 0.2) is 0 Å². The average molecular weight is 194 g/mol. The van der Waals surface area contributed by atoms with Crippen LogP contribution in [-0.4, -0.2) is 16.6 Å². The Hall–Kier alpha value is -2.24. The zero-order valence-electron chi connectivity index (χ0n) is 6.97. The van der Waals surface area contributed by atoms with Crippen LogP contribution in [0.4, 0.5) is 5.69 Å². The van der Waals surface area contributed by atoms with Crippen LogP contribution in [0.25, 0.3) is 0 Å². The normalized spacial score (nSPS) is 9.43. The maximum atomic E-state index is 11.1. The lowest BCUT2D eigenvalue weighted by atomic mass is 10.1. The van der Waals surface area contributed by atoms with E-state index in [-0.39, 0.29) is 11.3 Å². The number of hydrogen-bond donors (Lipinski definition) is 1. The highest BCUT2D eigenvalue weighted by atomic mass is 16.6. The first-order chi connectivity index (χ1) is 6.54. The van der Waals surface area contributed by atoms with Gasteiger partial charge in [0.1, 0.15) is 4.92 Å². The van der Waals surface area contributed by atoms with Crippen molar-refractivity contribution in [3.8, 4) is 0 Å². The molecule has 0 spiro atoms. The van der Waals surface area contributed by atoms with Crippen molar-refractivity contribution in [1.82, 2.24) is 0 Å². The Balaban J connectivity index is 3.08. The minimum Gasteiger partial charge on any atom is -0.398 e. The Morgan fingerprint density at radius 1 is 1.29 bits per heavy atom. The second kappa shape index (κ2) is 3.65. The quantitative estimate of drug-likeness (QED) is 0.239. The highest BCUT2D eigenvalue weighted by Gasteiger charge is 2.29. The van der Waals surface area contributed by atoms with E-state index in [2.05, 4.69) is 0 Å². The van der Waals surface area contributed by atoms with Gasteiger partial charge in [0.05, 0.1) is 5.56 Å². The molecule has 14 heavy (non-hydrogen) atoms. The van der Waals surface area contributed by atoms with Gasteiger partial charge in [0.2, 0.25) is 0 Å². The SMILES string of the molecule is Nc1ccccc1C(=O)C(=O)[N+](=O)[O-]. The molecule has 6 heteroatoms. The lowest BCUT2D eigenvalue weighted by molar-refractivity contribution is -0.394. The molecule has 1 aromatic carbocycles. The Labute approximate surface area is 78.5 Å². The molecule has 0 aliphatic carbocycles. The molecule has 72 valence electrons. The second-order valence-electron chi connectivity index (χ2n) is 2.48. The number of para-hydroxylation sites is 1. The summed E-state index contributed by atoms with van der Waals surface area (Å²) in [5.74, 6) is -2.88. The van der Waals surface area contributed by atoms with Crippen molar-refractivity contribution in [2.45, 2.75) is 0 Å². The average Bonchev–Trinajstić information content (AvgIpc) is 2.16. The van der Waals surface area contributed by atoms with E-state index in [0.29, 0.717) is 0 Å². The standard InChI is InChI=1S/C8H6N2O4/c9-6-4-2-1-3-5(6)7(11)8(12)10(13)14/h1-4H,9H2. The largest absolute Gasteiger partial charge is 0.516 e. The molecule has 0 fully saturated rings. The number of nitrogens with zero attached hydrogens (tertiary/aromatic N) is 1. The molecule has 0 bridgehead atoms. The first-order valence-electron chi connectivity index (χ1n) is 3.61. The van der Waals surface area contributed by atoms with E-state index in [1.165, 1.54) is 18.2 Å². The zero-order valence-corrected chi connectivity index (χ0v) is 6.97. The lowest BCUT2D eigenvalue weighted by Crippen LogP contribution is -2.23. The summed E-state index contributed by atoms with van der Waals surface area (Å²) in [7, 11) is 0. The molecule has 6 nitrogen and oxygen atoms in total. The Bertz CT molecular complexity index is 414. The molecule has 0 aromatic heterocycles. The molecule has 1 rings (SSSR count). The number of amides is 1. The topological polar surface area (TPSA) is 103 Å². The number of carbonyl (C=O) groups is 2. The molecule has 0 aliphatic heterocycles. The van der Waals surface area contributed by atoms with Gasteiger partial charge in [-0.25, -0.2) is 4.79 Å². The van der Waals surface area contributed by atoms with Crippen LogP contribution in [0.5, 0.6) is 0 Å². The first-order valence-corrected chi connectivity index (χ1v) is 3.61. The van der Waals surface area contributed by atoms with Crippen molar-refractivity contribution in [2.24, 2.45) is 0 Å². The van der Waals surface area contributed by atoms with Gasteiger partial charge in [-0.15, -0.1) is 0 Å². The van der Waals surface area contributed by atoms with Gasteiger partial charge in [-0.1, -0.05) is 12.1 Å². The molecular weight excluding hydrogens is 188 g/mol. The zero-order chi connectivity index (χ0) is 10.7. The summed E-state index contributed by atoms with van der Waals surface area (Å²) in [5.41, 5.74) is 5.27. The minimum atomic E-state index is -1.68. The van der Waals surface area contributed by atoms with Crippen LogP contribution in [0.1, 0.15) is 10.4 Å². The number of nitrogens with two attached hydrogens (primary N) is 1. The van der Waals surface area contributed by atoms with Crippen LogP contribution in [0.2, 0.25) is 0 Å². The molecule has 0 aliphatic rings. The monoisotopic (exact) mass is 194 g/mol. The number of nitrogen functional groups attached to an aromatic ring is 1. The number of nitro groups is 1. The van der Waals surface area contributed by atoms with Gasteiger partial charge in [-0.3, -0.25) is 14.9 Å². The third-order valence-electron chi connectivity index (χ3n) is 1.57. The highest BCUT2D eigenvalue weighted by Crippen LogP contribution is 2.11. The number of anilines is 1. The van der Waals surface area contributed by atoms with E-state index in [4.69, 9.17) is 5.73 Å². The number of benzene rings is 1. The summed E-state index contributed by atoms with van der Waals surface area (Å²) in [6.07, 6.45) is 0. The van der Waals surface area contributed by atoms with Crippen molar-refractivity contribution in [3.63, 3.8) is 0 Å². The minimum absolute atomic E-state index is 0.0488. The summed E-state index contributed by atoms with van der Waals surface area (Å²) in [4.78, 5) is 30.6. The Morgan fingerprint density at radius 3 is 2.36 bits per heavy atom. The number of Topliss-reactive ketones (excluding diaryl/α,β-unsaturated/α-hetero) is 1. The molecule has 0 saturated carbocycles. The van der Waals surface area contributed by atoms with Crippen molar-refractivity contribution < 1.29 is 14.5 Å². The van der Waals surface area contributed by atoms with Crippen LogP contribution in [-0.2, 0) is 4.79 Å². The Kier molecular flexibility index (Phi) is 2.57. The maximum Gasteiger partial charge on any atom is 0.516 e. The van der Waals surface area contributed by atoms with Gasteiger partial charge in [-0.05, 0) is 12.1 Å². The summed E-state index contributed by atoms with van der Waals surface area (Å²) in [6, 6.07) is 5.68. The number of ketones is 1.